The second-order valence-corrected chi connectivity index (χ2v) is 7.33. The van der Waals surface area contributed by atoms with Gasteiger partial charge in [-0.05, 0) is 32.4 Å². The maximum absolute atomic E-state index is 12.6. The van der Waals surface area contributed by atoms with Crippen molar-refractivity contribution in [2.75, 3.05) is 13.1 Å². The molecule has 6 nitrogen and oxygen atoms in total. The van der Waals surface area contributed by atoms with E-state index in [1.807, 2.05) is 49.1 Å². The lowest BCUT2D eigenvalue weighted by Crippen LogP contribution is -2.41. The molecule has 3 heterocycles. The van der Waals surface area contributed by atoms with Crippen LogP contribution >= 0.6 is 0 Å². The number of piperidine rings is 1. The first-order valence-electron chi connectivity index (χ1n) is 9.82. The highest BCUT2D eigenvalue weighted by Crippen LogP contribution is 2.26. The predicted octanol–water partition coefficient (Wildman–Crippen LogP) is 3.84. The molecule has 0 bridgehead atoms. The molecule has 1 aromatic carbocycles. The van der Waals surface area contributed by atoms with Gasteiger partial charge in [-0.2, -0.15) is 0 Å². The summed E-state index contributed by atoms with van der Waals surface area (Å²) in [4.78, 5) is 19.0. The van der Waals surface area contributed by atoms with Gasteiger partial charge in [-0.3, -0.25) is 9.78 Å². The number of aryl methyl sites for hydroxylation is 2. The van der Waals surface area contributed by atoms with Crippen LogP contribution in [-0.2, 0) is 11.2 Å². The first-order chi connectivity index (χ1) is 13.6. The van der Waals surface area contributed by atoms with Crippen LogP contribution in [0.2, 0.25) is 0 Å². The van der Waals surface area contributed by atoms with Gasteiger partial charge in [0.05, 0.1) is 5.69 Å². The number of fused-ring (bicyclic) bond motifs is 1. The predicted molar refractivity (Wildman–Crippen MR) is 106 cm³/mol. The molecule has 0 aliphatic carbocycles. The molecule has 1 aliphatic rings. The van der Waals surface area contributed by atoms with Gasteiger partial charge >= 0.3 is 0 Å². The van der Waals surface area contributed by atoms with Gasteiger partial charge in [0.15, 0.2) is 0 Å². The molecule has 1 fully saturated rings. The van der Waals surface area contributed by atoms with E-state index >= 15 is 0 Å². The fourth-order valence-corrected chi connectivity index (χ4v) is 3.82. The molecule has 0 radical (unpaired) electrons. The number of hydrogen-bond donors (Lipinski definition) is 0. The molecule has 4 rings (SSSR count). The number of benzene rings is 1. The number of carbonyl (C=O) groups is 1. The van der Waals surface area contributed by atoms with E-state index in [-0.39, 0.29) is 12.0 Å². The normalized spacial score (nSPS) is 15.1. The van der Waals surface area contributed by atoms with Crippen molar-refractivity contribution in [3.8, 4) is 5.75 Å². The molecule has 2 aromatic heterocycles. The number of hydrogen-bond acceptors (Lipinski definition) is 5. The second kappa shape index (κ2) is 8.00. The van der Waals surface area contributed by atoms with Gasteiger partial charge in [0.2, 0.25) is 5.91 Å². The van der Waals surface area contributed by atoms with E-state index in [2.05, 4.69) is 10.1 Å². The summed E-state index contributed by atoms with van der Waals surface area (Å²) in [6.07, 6.45) is 4.73. The number of likely N-dealkylation sites (tertiary alicyclic amines) is 1. The van der Waals surface area contributed by atoms with Crippen LogP contribution in [0.25, 0.3) is 10.9 Å². The Kier molecular flexibility index (Phi) is 5.28. The zero-order valence-corrected chi connectivity index (χ0v) is 16.4. The molecule has 1 saturated heterocycles. The lowest BCUT2D eigenvalue weighted by atomic mass is 10.0. The van der Waals surface area contributed by atoms with Crippen molar-refractivity contribution >= 4 is 16.8 Å². The molecule has 1 aliphatic heterocycles. The monoisotopic (exact) mass is 379 g/mol. The number of amides is 1. The highest BCUT2D eigenvalue weighted by atomic mass is 16.5. The Hall–Kier alpha value is -2.89. The van der Waals surface area contributed by atoms with Crippen LogP contribution in [0.3, 0.4) is 0 Å². The Bertz CT molecular complexity index is 949. The van der Waals surface area contributed by atoms with Crippen LogP contribution < -0.4 is 4.74 Å². The van der Waals surface area contributed by atoms with E-state index in [0.29, 0.717) is 12.8 Å². The number of pyridine rings is 1. The van der Waals surface area contributed by atoms with Crippen LogP contribution in [0.5, 0.6) is 5.75 Å². The van der Waals surface area contributed by atoms with Crippen LogP contribution in [0, 0.1) is 13.8 Å². The number of rotatable bonds is 5. The van der Waals surface area contributed by atoms with Crippen molar-refractivity contribution in [1.82, 2.24) is 15.0 Å². The lowest BCUT2D eigenvalue weighted by Gasteiger charge is -2.32. The molecule has 1 amide bonds. The summed E-state index contributed by atoms with van der Waals surface area (Å²) in [5.41, 5.74) is 2.82. The number of ether oxygens (including phenoxy) is 1. The first-order valence-corrected chi connectivity index (χ1v) is 9.82. The molecule has 146 valence electrons. The summed E-state index contributed by atoms with van der Waals surface area (Å²) >= 11 is 0. The van der Waals surface area contributed by atoms with Crippen molar-refractivity contribution < 1.29 is 14.1 Å². The Morgan fingerprint density at radius 1 is 1.21 bits per heavy atom. The maximum Gasteiger partial charge on any atom is 0.222 e. The molecule has 6 heteroatoms. The molecule has 0 N–H and O–H groups in total. The lowest BCUT2D eigenvalue weighted by molar-refractivity contribution is -0.132. The van der Waals surface area contributed by atoms with E-state index in [9.17, 15) is 4.79 Å². The number of para-hydroxylation sites is 1. The van der Waals surface area contributed by atoms with E-state index in [0.717, 1.165) is 59.6 Å². The minimum atomic E-state index is 0.110. The standard InChI is InChI=1S/C22H25N3O3/c1-15-19(16(2)28-24-15)8-9-21(26)25-13-10-18(11-14-25)27-20-7-3-5-17-6-4-12-23-22(17)20/h3-7,12,18H,8-11,13-14H2,1-2H3. The van der Waals surface area contributed by atoms with Crippen LogP contribution in [-0.4, -0.2) is 40.1 Å². The molecule has 3 aromatic rings. The van der Waals surface area contributed by atoms with E-state index in [1.165, 1.54) is 0 Å². The zero-order chi connectivity index (χ0) is 19.5. The fourth-order valence-electron chi connectivity index (χ4n) is 3.82. The summed E-state index contributed by atoms with van der Waals surface area (Å²) in [6, 6.07) is 9.97. The van der Waals surface area contributed by atoms with Crippen LogP contribution in [0.15, 0.2) is 41.1 Å². The van der Waals surface area contributed by atoms with Crippen molar-refractivity contribution in [1.29, 1.82) is 0 Å². The Morgan fingerprint density at radius 3 is 2.75 bits per heavy atom. The quantitative estimate of drug-likeness (QED) is 0.674. The zero-order valence-electron chi connectivity index (χ0n) is 16.4. The summed E-state index contributed by atoms with van der Waals surface area (Å²) in [5.74, 6) is 1.81. The van der Waals surface area contributed by atoms with E-state index in [4.69, 9.17) is 9.26 Å². The Labute approximate surface area is 164 Å². The summed E-state index contributed by atoms with van der Waals surface area (Å²) in [7, 11) is 0. The van der Waals surface area contributed by atoms with E-state index < -0.39 is 0 Å². The van der Waals surface area contributed by atoms with Crippen LogP contribution in [0.4, 0.5) is 0 Å². The minimum absolute atomic E-state index is 0.110. The van der Waals surface area contributed by atoms with Gasteiger partial charge in [0.25, 0.3) is 0 Å². The Balaban J connectivity index is 1.31. The van der Waals surface area contributed by atoms with Gasteiger partial charge in [0.1, 0.15) is 23.1 Å². The SMILES string of the molecule is Cc1noc(C)c1CCC(=O)N1CCC(Oc2cccc3cccnc23)CC1. The third-order valence-electron chi connectivity index (χ3n) is 5.45. The van der Waals surface area contributed by atoms with Gasteiger partial charge in [0, 0.05) is 49.5 Å². The summed E-state index contributed by atoms with van der Waals surface area (Å²) < 4.78 is 11.4. The molecular formula is C22H25N3O3. The highest BCUT2D eigenvalue weighted by molar-refractivity contribution is 5.84. The first kappa shape index (κ1) is 18.5. The largest absolute Gasteiger partial charge is 0.488 e. The summed E-state index contributed by atoms with van der Waals surface area (Å²) in [5, 5.41) is 5.03. The van der Waals surface area contributed by atoms with Gasteiger partial charge in [-0.25, -0.2) is 0 Å². The smallest absolute Gasteiger partial charge is 0.222 e. The second-order valence-electron chi connectivity index (χ2n) is 7.33. The minimum Gasteiger partial charge on any atom is -0.488 e. The van der Waals surface area contributed by atoms with E-state index in [1.54, 1.807) is 6.20 Å². The van der Waals surface area contributed by atoms with Crippen molar-refractivity contribution in [3.05, 3.63) is 53.5 Å². The average Bonchev–Trinajstić information content (AvgIpc) is 3.04. The topological polar surface area (TPSA) is 68.5 Å². The molecule has 0 atom stereocenters. The van der Waals surface area contributed by atoms with Crippen molar-refractivity contribution in [3.63, 3.8) is 0 Å². The number of aromatic nitrogens is 2. The molecule has 0 spiro atoms. The third-order valence-corrected chi connectivity index (χ3v) is 5.45. The molecule has 0 unspecified atom stereocenters. The molecule has 28 heavy (non-hydrogen) atoms. The average molecular weight is 379 g/mol. The van der Waals surface area contributed by atoms with Crippen molar-refractivity contribution in [2.24, 2.45) is 0 Å². The third kappa shape index (κ3) is 3.86. The van der Waals surface area contributed by atoms with Gasteiger partial charge in [-0.1, -0.05) is 23.4 Å². The van der Waals surface area contributed by atoms with Crippen LogP contribution in [0.1, 0.15) is 36.3 Å². The molecule has 0 saturated carbocycles. The molecular weight excluding hydrogens is 354 g/mol. The fraction of sp³-hybridized carbons (Fsp3) is 0.409. The van der Waals surface area contributed by atoms with Gasteiger partial charge in [-0.15, -0.1) is 0 Å². The summed E-state index contributed by atoms with van der Waals surface area (Å²) in [6.45, 7) is 5.26. The van der Waals surface area contributed by atoms with Gasteiger partial charge < -0.3 is 14.2 Å². The van der Waals surface area contributed by atoms with Crippen molar-refractivity contribution in [2.45, 2.75) is 45.6 Å². The Morgan fingerprint density at radius 2 is 2.00 bits per heavy atom. The number of nitrogens with zero attached hydrogens (tertiary/aromatic N) is 3. The highest BCUT2D eigenvalue weighted by Gasteiger charge is 2.24. The number of carbonyl (C=O) groups excluding carboxylic acids is 1. The maximum atomic E-state index is 12.6.